The number of hydrogen-bond donors (Lipinski definition) is 1. The Bertz CT molecular complexity index is 861. The van der Waals surface area contributed by atoms with Gasteiger partial charge in [-0.15, -0.1) is 5.10 Å². The van der Waals surface area contributed by atoms with E-state index in [9.17, 15) is 18.0 Å². The van der Waals surface area contributed by atoms with Gasteiger partial charge in [0.2, 0.25) is 5.91 Å². The van der Waals surface area contributed by atoms with Gasteiger partial charge in [0.25, 0.3) is 11.6 Å². The van der Waals surface area contributed by atoms with Crippen molar-refractivity contribution < 1.29 is 18.0 Å². The van der Waals surface area contributed by atoms with Crippen molar-refractivity contribution in [2.24, 2.45) is 11.8 Å². The molecule has 1 amide bonds. The highest BCUT2D eigenvalue weighted by molar-refractivity contribution is 5.79. The molecular weight excluding hydrogens is 359 g/mol. The molecule has 0 aromatic carbocycles. The maximum atomic E-state index is 12.9. The second kappa shape index (κ2) is 7.09. The summed E-state index contributed by atoms with van der Waals surface area (Å²) < 4.78 is 39.7. The van der Waals surface area contributed by atoms with Gasteiger partial charge in [-0.1, -0.05) is 26.7 Å². The third-order valence-corrected chi connectivity index (χ3v) is 5.69. The number of fused-ring (bicyclic) bond motifs is 1. The lowest BCUT2D eigenvalue weighted by atomic mass is 9.78. The fourth-order valence-electron chi connectivity index (χ4n) is 3.79. The normalized spacial score (nSPS) is 23.6. The molecule has 6 nitrogen and oxygen atoms in total. The maximum Gasteiger partial charge on any atom is 0.453 e. The lowest BCUT2D eigenvalue weighted by Gasteiger charge is -2.34. The van der Waals surface area contributed by atoms with Crippen molar-refractivity contribution in [1.29, 1.82) is 0 Å². The summed E-state index contributed by atoms with van der Waals surface area (Å²) in [5.74, 6) is -0.540. The van der Waals surface area contributed by atoms with Crippen molar-refractivity contribution in [3.63, 3.8) is 0 Å². The highest BCUT2D eigenvalue weighted by Crippen LogP contribution is 2.30. The SMILES string of the molecule is Cc1nc2nc(C(F)(F)F)nn2c(C)c1CC(=O)N[C@@H]1CCC[C@@H](C)[C@H]1C. The molecule has 0 spiro atoms. The van der Waals surface area contributed by atoms with Crippen LogP contribution in [-0.4, -0.2) is 31.5 Å². The minimum absolute atomic E-state index is 0.0550. The fourth-order valence-corrected chi connectivity index (χ4v) is 3.79. The van der Waals surface area contributed by atoms with E-state index in [1.54, 1.807) is 13.8 Å². The first-order valence-corrected chi connectivity index (χ1v) is 9.17. The van der Waals surface area contributed by atoms with E-state index in [4.69, 9.17) is 0 Å². The van der Waals surface area contributed by atoms with Crippen LogP contribution in [0.25, 0.3) is 5.78 Å². The van der Waals surface area contributed by atoms with Crippen molar-refractivity contribution in [1.82, 2.24) is 24.9 Å². The third-order valence-electron chi connectivity index (χ3n) is 5.69. The predicted octanol–water partition coefficient (Wildman–Crippen LogP) is 3.24. The molecule has 0 radical (unpaired) electrons. The van der Waals surface area contributed by atoms with Crippen LogP contribution in [0.2, 0.25) is 0 Å². The molecular formula is C18H24F3N5O. The van der Waals surface area contributed by atoms with E-state index >= 15 is 0 Å². The number of carbonyl (C=O) groups is 1. The summed E-state index contributed by atoms with van der Waals surface area (Å²) in [5, 5.41) is 6.60. The van der Waals surface area contributed by atoms with Gasteiger partial charge in [-0.25, -0.2) is 9.50 Å². The molecule has 1 aliphatic rings. The third kappa shape index (κ3) is 3.91. The molecule has 9 heteroatoms. The second-order valence-electron chi connectivity index (χ2n) is 7.52. The molecule has 0 aliphatic heterocycles. The molecule has 2 aromatic rings. The van der Waals surface area contributed by atoms with Gasteiger partial charge in [-0.05, 0) is 32.1 Å². The highest BCUT2D eigenvalue weighted by Gasteiger charge is 2.37. The average molecular weight is 383 g/mol. The van der Waals surface area contributed by atoms with Gasteiger partial charge in [-0.3, -0.25) is 4.79 Å². The van der Waals surface area contributed by atoms with E-state index in [1.165, 1.54) is 6.42 Å². The molecule has 1 N–H and O–H groups in total. The first-order valence-electron chi connectivity index (χ1n) is 9.17. The Morgan fingerprint density at radius 3 is 2.59 bits per heavy atom. The van der Waals surface area contributed by atoms with E-state index in [0.717, 1.165) is 17.4 Å². The summed E-state index contributed by atoms with van der Waals surface area (Å²) in [4.78, 5) is 20.1. The van der Waals surface area contributed by atoms with Crippen LogP contribution in [0, 0.1) is 25.7 Å². The van der Waals surface area contributed by atoms with Crippen LogP contribution in [0.3, 0.4) is 0 Å². The molecule has 0 unspecified atom stereocenters. The van der Waals surface area contributed by atoms with Crippen LogP contribution >= 0.6 is 0 Å². The Morgan fingerprint density at radius 1 is 1.22 bits per heavy atom. The van der Waals surface area contributed by atoms with Crippen molar-refractivity contribution in [2.75, 3.05) is 0 Å². The van der Waals surface area contributed by atoms with Crippen molar-refractivity contribution in [3.05, 3.63) is 22.8 Å². The Kier molecular flexibility index (Phi) is 5.14. The highest BCUT2D eigenvalue weighted by atomic mass is 19.4. The summed E-state index contributed by atoms with van der Waals surface area (Å²) >= 11 is 0. The van der Waals surface area contributed by atoms with Gasteiger partial charge in [0.05, 0.1) is 6.42 Å². The number of nitrogens with zero attached hydrogens (tertiary/aromatic N) is 4. The molecule has 1 saturated carbocycles. The number of rotatable bonds is 3. The lowest BCUT2D eigenvalue weighted by molar-refractivity contribution is -0.144. The number of aromatic nitrogens is 4. The summed E-state index contributed by atoms with van der Waals surface area (Å²) in [6, 6.07) is 0.127. The number of nitrogens with one attached hydrogen (secondary N) is 1. The zero-order valence-electron chi connectivity index (χ0n) is 15.9. The molecule has 3 rings (SSSR count). The van der Waals surface area contributed by atoms with Gasteiger partial charge >= 0.3 is 6.18 Å². The molecule has 2 aromatic heterocycles. The van der Waals surface area contributed by atoms with Gasteiger partial charge in [0, 0.05) is 23.0 Å². The monoisotopic (exact) mass is 383 g/mol. The predicted molar refractivity (Wildman–Crippen MR) is 93.1 cm³/mol. The largest absolute Gasteiger partial charge is 0.453 e. The lowest BCUT2D eigenvalue weighted by Crippen LogP contribution is -2.44. The Labute approximate surface area is 155 Å². The molecule has 1 fully saturated rings. The number of alkyl halides is 3. The second-order valence-corrected chi connectivity index (χ2v) is 7.52. The molecule has 3 atom stereocenters. The number of amides is 1. The Morgan fingerprint density at radius 2 is 1.93 bits per heavy atom. The number of aryl methyl sites for hydroxylation is 2. The Hall–Kier alpha value is -2.19. The van der Waals surface area contributed by atoms with E-state index in [0.29, 0.717) is 28.8 Å². The number of carbonyl (C=O) groups excluding carboxylic acids is 1. The molecule has 2 heterocycles. The van der Waals surface area contributed by atoms with Crippen LogP contribution in [0.15, 0.2) is 0 Å². The van der Waals surface area contributed by atoms with Crippen molar-refractivity contribution in [2.45, 2.75) is 65.6 Å². The van der Waals surface area contributed by atoms with E-state index in [-0.39, 0.29) is 24.1 Å². The van der Waals surface area contributed by atoms with E-state index in [2.05, 4.69) is 34.2 Å². The topological polar surface area (TPSA) is 72.2 Å². The summed E-state index contributed by atoms with van der Waals surface area (Å²) in [6.45, 7) is 7.64. The molecule has 148 valence electrons. The molecule has 1 aliphatic carbocycles. The van der Waals surface area contributed by atoms with Crippen LogP contribution in [0.4, 0.5) is 13.2 Å². The molecule has 27 heavy (non-hydrogen) atoms. The minimum Gasteiger partial charge on any atom is -0.353 e. The number of hydrogen-bond acceptors (Lipinski definition) is 4. The smallest absolute Gasteiger partial charge is 0.353 e. The van der Waals surface area contributed by atoms with Crippen LogP contribution in [0.5, 0.6) is 0 Å². The van der Waals surface area contributed by atoms with Crippen LogP contribution in [-0.2, 0) is 17.4 Å². The fraction of sp³-hybridized carbons (Fsp3) is 0.667. The van der Waals surface area contributed by atoms with Crippen LogP contribution in [0.1, 0.15) is 55.9 Å². The van der Waals surface area contributed by atoms with Gasteiger partial charge < -0.3 is 5.32 Å². The first kappa shape index (κ1) is 19.6. The van der Waals surface area contributed by atoms with E-state index < -0.39 is 12.0 Å². The zero-order valence-corrected chi connectivity index (χ0v) is 15.9. The standard InChI is InChI=1S/C18H24F3N5O/c1-9-6-5-7-14(10(9)2)23-15(27)8-13-11(3)22-17-24-16(18(19,20)21)25-26(17)12(13)4/h9-10,14H,5-8H2,1-4H3,(H,23,27)/t9-,10-,14-/m1/s1. The average Bonchev–Trinajstić information content (AvgIpc) is 3.00. The number of halogens is 3. The maximum absolute atomic E-state index is 12.9. The summed E-state index contributed by atoms with van der Waals surface area (Å²) in [5.41, 5.74) is 1.51. The van der Waals surface area contributed by atoms with Gasteiger partial charge in [0.1, 0.15) is 0 Å². The Balaban J connectivity index is 1.83. The van der Waals surface area contributed by atoms with E-state index in [1.807, 2.05) is 0 Å². The van der Waals surface area contributed by atoms with Crippen LogP contribution < -0.4 is 5.32 Å². The summed E-state index contributed by atoms with van der Waals surface area (Å²) in [6.07, 6.45) is -1.38. The molecule has 0 saturated heterocycles. The van der Waals surface area contributed by atoms with Gasteiger partial charge in [0.15, 0.2) is 0 Å². The summed E-state index contributed by atoms with van der Waals surface area (Å²) in [7, 11) is 0. The minimum atomic E-state index is -4.64. The quantitative estimate of drug-likeness (QED) is 0.883. The van der Waals surface area contributed by atoms with Crippen molar-refractivity contribution >= 4 is 11.7 Å². The molecule has 0 bridgehead atoms. The van der Waals surface area contributed by atoms with Gasteiger partial charge in [-0.2, -0.15) is 18.2 Å². The zero-order chi connectivity index (χ0) is 19.9. The van der Waals surface area contributed by atoms with Crippen molar-refractivity contribution in [3.8, 4) is 0 Å². The first-order chi connectivity index (χ1) is 12.6.